The first kappa shape index (κ1) is 39.4. The number of hydrogen-bond acceptors (Lipinski definition) is 6. The fraction of sp³-hybridized carbons (Fsp3) is 0.160. The SMILES string of the molecule is CCN(c1ccc(C(=C2C=CC(=[N+](CC)c3c(C)cccc3C)C=C2)c2sc(Nc3ccccc3[N+](=O)[O-])c(C#N)c2-c2ccccc2)cc1)c1c(C)cccc1C. The lowest BCUT2D eigenvalue weighted by molar-refractivity contribution is -0.435. The molecule has 0 unspecified atom stereocenters. The van der Waals surface area contributed by atoms with Gasteiger partial charge in [0.2, 0.25) is 11.4 Å². The minimum Gasteiger partial charge on any atom is -0.341 e. The zero-order chi connectivity index (χ0) is 40.9. The lowest BCUT2D eigenvalue weighted by Crippen LogP contribution is -2.18. The van der Waals surface area contributed by atoms with E-state index in [1.54, 1.807) is 18.2 Å². The number of nitriles is 1. The molecule has 0 saturated heterocycles. The van der Waals surface area contributed by atoms with E-state index < -0.39 is 4.92 Å². The Morgan fingerprint density at radius 3 is 1.95 bits per heavy atom. The van der Waals surface area contributed by atoms with Crippen LogP contribution in [0.2, 0.25) is 0 Å². The number of benzene rings is 5. The molecule has 0 fully saturated rings. The molecule has 0 bridgehead atoms. The summed E-state index contributed by atoms with van der Waals surface area (Å²) in [6, 6.07) is 40.4. The summed E-state index contributed by atoms with van der Waals surface area (Å²) < 4.78 is 2.35. The number of thiophene rings is 1. The molecule has 288 valence electrons. The maximum atomic E-state index is 12.1. The molecule has 0 radical (unpaired) electrons. The third-order valence-corrected chi connectivity index (χ3v) is 11.8. The summed E-state index contributed by atoms with van der Waals surface area (Å²) in [4.78, 5) is 14.9. The molecule has 1 aromatic heterocycles. The number of nitro benzene ring substituents is 1. The van der Waals surface area contributed by atoms with E-state index in [1.807, 2.05) is 30.3 Å². The molecule has 1 aliphatic rings. The topological polar surface area (TPSA) is 85.2 Å². The summed E-state index contributed by atoms with van der Waals surface area (Å²) in [6.07, 6.45) is 8.68. The number of aryl methyl sites for hydroxylation is 4. The van der Waals surface area contributed by atoms with Gasteiger partial charge < -0.3 is 10.2 Å². The van der Waals surface area contributed by atoms with Crippen molar-refractivity contribution in [2.24, 2.45) is 0 Å². The Kier molecular flexibility index (Phi) is 11.6. The average molecular weight is 781 g/mol. The van der Waals surface area contributed by atoms with Crippen LogP contribution in [-0.2, 0) is 0 Å². The summed E-state index contributed by atoms with van der Waals surface area (Å²) in [5.41, 5.74) is 14.7. The molecule has 6 aromatic rings. The van der Waals surface area contributed by atoms with Gasteiger partial charge in [0.15, 0.2) is 0 Å². The molecule has 7 nitrogen and oxygen atoms in total. The van der Waals surface area contributed by atoms with Crippen LogP contribution in [0.3, 0.4) is 0 Å². The van der Waals surface area contributed by atoms with Crippen LogP contribution in [0.5, 0.6) is 0 Å². The van der Waals surface area contributed by atoms with E-state index in [0.717, 1.165) is 57.2 Å². The van der Waals surface area contributed by atoms with Crippen LogP contribution in [0, 0.1) is 49.1 Å². The summed E-state index contributed by atoms with van der Waals surface area (Å²) in [7, 11) is 0. The van der Waals surface area contributed by atoms with Gasteiger partial charge in [0.05, 0.1) is 10.5 Å². The Labute approximate surface area is 345 Å². The zero-order valence-corrected chi connectivity index (χ0v) is 34.5. The number of allylic oxidation sites excluding steroid dienone is 5. The van der Waals surface area contributed by atoms with Crippen molar-refractivity contribution in [2.45, 2.75) is 41.5 Å². The number of para-hydroxylation sites is 4. The Morgan fingerprint density at radius 1 is 0.759 bits per heavy atom. The van der Waals surface area contributed by atoms with Crippen LogP contribution in [0.15, 0.2) is 145 Å². The summed E-state index contributed by atoms with van der Waals surface area (Å²) >= 11 is 1.44. The number of nitrogens with zero attached hydrogens (tertiary/aromatic N) is 4. The van der Waals surface area contributed by atoms with Gasteiger partial charge in [-0.15, -0.1) is 11.3 Å². The molecular formula is C50H46N5O2S+. The monoisotopic (exact) mass is 780 g/mol. The molecule has 1 aliphatic carbocycles. The third kappa shape index (κ3) is 7.65. The van der Waals surface area contributed by atoms with Crippen molar-refractivity contribution in [2.75, 3.05) is 23.3 Å². The van der Waals surface area contributed by atoms with E-state index in [4.69, 9.17) is 0 Å². The second-order valence-corrected chi connectivity index (χ2v) is 15.3. The van der Waals surface area contributed by atoms with Gasteiger partial charge in [-0.05, 0) is 99.7 Å². The van der Waals surface area contributed by atoms with Crippen LogP contribution in [0.25, 0.3) is 16.7 Å². The van der Waals surface area contributed by atoms with Crippen molar-refractivity contribution in [1.82, 2.24) is 0 Å². The van der Waals surface area contributed by atoms with E-state index in [-0.39, 0.29) is 5.69 Å². The molecule has 7 rings (SSSR count). The lowest BCUT2D eigenvalue weighted by atomic mass is 9.90. The first-order valence-electron chi connectivity index (χ1n) is 19.5. The molecular weight excluding hydrogens is 735 g/mol. The summed E-state index contributed by atoms with van der Waals surface area (Å²) in [5.74, 6) is 0. The van der Waals surface area contributed by atoms with Crippen LogP contribution >= 0.6 is 11.3 Å². The fourth-order valence-corrected chi connectivity index (χ4v) is 9.26. The van der Waals surface area contributed by atoms with Crippen molar-refractivity contribution in [3.05, 3.63) is 194 Å². The second-order valence-electron chi connectivity index (χ2n) is 14.3. The summed E-state index contributed by atoms with van der Waals surface area (Å²) in [5, 5.41) is 26.8. The van der Waals surface area contributed by atoms with Crippen molar-refractivity contribution in [3.8, 4) is 17.2 Å². The molecule has 0 saturated carbocycles. The average Bonchev–Trinajstić information content (AvgIpc) is 3.59. The smallest absolute Gasteiger partial charge is 0.292 e. The van der Waals surface area contributed by atoms with E-state index >= 15 is 0 Å². The number of hydrogen-bond donors (Lipinski definition) is 1. The minimum absolute atomic E-state index is 0.0632. The predicted octanol–water partition coefficient (Wildman–Crippen LogP) is 13.1. The highest BCUT2D eigenvalue weighted by atomic mass is 32.1. The number of anilines is 4. The quantitative estimate of drug-likeness (QED) is 0.0804. The van der Waals surface area contributed by atoms with Crippen molar-refractivity contribution >= 4 is 56.1 Å². The van der Waals surface area contributed by atoms with Gasteiger partial charge >= 0.3 is 0 Å². The fourth-order valence-electron chi connectivity index (χ4n) is 7.99. The summed E-state index contributed by atoms with van der Waals surface area (Å²) in [6.45, 7) is 14.5. The molecule has 0 atom stereocenters. The second kappa shape index (κ2) is 17.1. The molecule has 8 heteroatoms. The highest BCUT2D eigenvalue weighted by Crippen LogP contribution is 2.48. The number of nitrogens with one attached hydrogen (secondary N) is 1. The van der Waals surface area contributed by atoms with Crippen LogP contribution in [-0.4, -0.2) is 28.3 Å². The molecule has 58 heavy (non-hydrogen) atoms. The molecule has 0 spiro atoms. The Hall–Kier alpha value is -6.82. The van der Waals surface area contributed by atoms with Crippen molar-refractivity contribution in [1.29, 1.82) is 5.26 Å². The Morgan fingerprint density at radius 2 is 1.36 bits per heavy atom. The van der Waals surface area contributed by atoms with Crippen molar-refractivity contribution < 1.29 is 9.50 Å². The van der Waals surface area contributed by atoms with Gasteiger partial charge in [0, 0.05) is 63.3 Å². The molecule has 0 amide bonds. The highest BCUT2D eigenvalue weighted by molar-refractivity contribution is 7.18. The molecule has 5 aromatic carbocycles. The first-order valence-corrected chi connectivity index (χ1v) is 20.3. The largest absolute Gasteiger partial charge is 0.341 e. The van der Waals surface area contributed by atoms with Crippen LogP contribution in [0.4, 0.5) is 33.4 Å². The third-order valence-electron chi connectivity index (χ3n) is 10.6. The van der Waals surface area contributed by atoms with Gasteiger partial charge in [-0.1, -0.05) is 91.0 Å². The Balaban J connectivity index is 1.46. The molecule has 1 N–H and O–H groups in total. The maximum absolute atomic E-state index is 12.1. The zero-order valence-electron chi connectivity index (χ0n) is 33.7. The molecule has 0 aliphatic heterocycles. The van der Waals surface area contributed by atoms with Crippen LogP contribution < -0.4 is 10.2 Å². The number of rotatable bonds is 11. The van der Waals surface area contributed by atoms with E-state index in [9.17, 15) is 15.4 Å². The standard InChI is InChI=1S/C50H45N5O2S/c1-7-53(47-33(3)16-14-17-34(47)4)40-28-24-38(25-29-40)45(39-26-30-41(31-27-39)54(8-2)48-35(5)18-15-19-36(48)6)49-46(37-20-10-9-11-21-37)42(32-51)50(58-49)52-43-22-12-13-23-44(43)55(56)57/h9-31H,7-8H2,1-6H3/p+1. The van der Waals surface area contributed by atoms with Crippen LogP contribution in [0.1, 0.15) is 52.1 Å². The maximum Gasteiger partial charge on any atom is 0.292 e. The molecule has 1 heterocycles. The first-order chi connectivity index (χ1) is 28.1. The lowest BCUT2D eigenvalue weighted by Gasteiger charge is -2.27. The predicted molar refractivity (Wildman–Crippen MR) is 242 cm³/mol. The van der Waals surface area contributed by atoms with Gasteiger partial charge in [0.1, 0.15) is 23.3 Å². The van der Waals surface area contributed by atoms with Gasteiger partial charge in [-0.2, -0.15) is 9.84 Å². The van der Waals surface area contributed by atoms with E-state index in [1.165, 1.54) is 51.0 Å². The van der Waals surface area contributed by atoms with E-state index in [0.29, 0.717) is 16.3 Å². The van der Waals surface area contributed by atoms with Gasteiger partial charge in [-0.3, -0.25) is 10.1 Å². The van der Waals surface area contributed by atoms with E-state index in [2.05, 4.69) is 147 Å². The van der Waals surface area contributed by atoms with Gasteiger partial charge in [-0.25, -0.2) is 0 Å². The normalized spacial score (nSPS) is 12.0. The highest BCUT2D eigenvalue weighted by Gasteiger charge is 2.27. The van der Waals surface area contributed by atoms with Gasteiger partial charge in [0.25, 0.3) is 5.69 Å². The number of nitro groups is 1. The minimum atomic E-state index is -0.405. The van der Waals surface area contributed by atoms with Crippen molar-refractivity contribution in [3.63, 3.8) is 0 Å². The Bertz CT molecular complexity index is 2640.